The molecule has 0 radical (unpaired) electrons. The van der Waals surface area contributed by atoms with Crippen molar-refractivity contribution in [3.05, 3.63) is 65.2 Å². The zero-order valence-corrected chi connectivity index (χ0v) is 14.8. The molecule has 3 nitrogen and oxygen atoms in total. The fraction of sp³-hybridized carbons (Fsp3) is 0.316. The molecular weight excluding hydrogens is 304 g/mol. The average Bonchev–Trinajstić information content (AvgIpc) is 2.54. The molecule has 4 heteroatoms. The molecule has 2 aromatic carbocycles. The summed E-state index contributed by atoms with van der Waals surface area (Å²) in [6, 6.07) is 16.6. The van der Waals surface area contributed by atoms with E-state index in [2.05, 4.69) is 48.8 Å². The van der Waals surface area contributed by atoms with E-state index < -0.39 is 0 Å². The van der Waals surface area contributed by atoms with Crippen molar-refractivity contribution >= 4 is 17.7 Å². The first-order valence-corrected chi connectivity index (χ1v) is 8.93. The van der Waals surface area contributed by atoms with Crippen molar-refractivity contribution < 1.29 is 4.79 Å². The molecule has 0 atom stereocenters. The Kier molecular flexibility index (Phi) is 6.68. The molecule has 0 saturated carbocycles. The number of hydrogen-bond acceptors (Lipinski definition) is 3. The summed E-state index contributed by atoms with van der Waals surface area (Å²) in [5.41, 5.74) is 3.59. The zero-order chi connectivity index (χ0) is 16.7. The highest BCUT2D eigenvalue weighted by molar-refractivity contribution is 7.98. The molecule has 122 valence electrons. The Balaban J connectivity index is 1.79. The Morgan fingerprint density at radius 1 is 1.13 bits per heavy atom. The molecule has 0 saturated heterocycles. The Morgan fingerprint density at radius 2 is 1.83 bits per heavy atom. The summed E-state index contributed by atoms with van der Waals surface area (Å²) in [7, 11) is 1.97. The van der Waals surface area contributed by atoms with Crippen molar-refractivity contribution in [3.63, 3.8) is 0 Å². The van der Waals surface area contributed by atoms with Crippen molar-refractivity contribution in [2.24, 2.45) is 0 Å². The van der Waals surface area contributed by atoms with Crippen LogP contribution in [0.15, 0.2) is 53.4 Å². The molecule has 2 aromatic rings. The number of thioether (sulfide) groups is 1. The number of hydrogen-bond donors (Lipinski definition) is 1. The maximum atomic E-state index is 12.1. The van der Waals surface area contributed by atoms with Crippen molar-refractivity contribution in [3.8, 4) is 0 Å². The maximum absolute atomic E-state index is 12.1. The molecule has 0 aliphatic heterocycles. The fourth-order valence-electron chi connectivity index (χ4n) is 2.40. The first kappa shape index (κ1) is 17.6. The molecule has 0 spiro atoms. The molecule has 0 aliphatic carbocycles. The minimum atomic E-state index is 0.0523. The molecule has 1 N–H and O–H groups in total. The summed E-state index contributed by atoms with van der Waals surface area (Å²) < 4.78 is 0. The first-order valence-electron chi connectivity index (χ1n) is 7.71. The van der Waals surface area contributed by atoms with Gasteiger partial charge < -0.3 is 5.32 Å². The number of rotatable bonds is 7. The van der Waals surface area contributed by atoms with Crippen LogP contribution in [-0.2, 0) is 17.9 Å². The highest BCUT2D eigenvalue weighted by atomic mass is 32.2. The third-order valence-corrected chi connectivity index (χ3v) is 4.51. The van der Waals surface area contributed by atoms with E-state index in [0.717, 1.165) is 12.1 Å². The van der Waals surface area contributed by atoms with Gasteiger partial charge in [-0.1, -0.05) is 36.4 Å². The quantitative estimate of drug-likeness (QED) is 0.790. The second-order valence-electron chi connectivity index (χ2n) is 5.72. The molecule has 0 aromatic heterocycles. The van der Waals surface area contributed by atoms with Gasteiger partial charge >= 0.3 is 0 Å². The van der Waals surface area contributed by atoms with Crippen LogP contribution in [0.3, 0.4) is 0 Å². The SMILES string of the molecule is CSc1ccc(CN(C)CC(=O)NCc2ccccc2C)cc1. The van der Waals surface area contributed by atoms with Gasteiger partial charge in [0.15, 0.2) is 0 Å². The lowest BCUT2D eigenvalue weighted by atomic mass is 10.1. The monoisotopic (exact) mass is 328 g/mol. The van der Waals surface area contributed by atoms with Crippen LogP contribution in [0.1, 0.15) is 16.7 Å². The van der Waals surface area contributed by atoms with E-state index in [9.17, 15) is 4.79 Å². The fourth-order valence-corrected chi connectivity index (χ4v) is 2.81. The van der Waals surface area contributed by atoms with E-state index in [1.54, 1.807) is 11.8 Å². The number of carbonyl (C=O) groups excluding carboxylic acids is 1. The van der Waals surface area contributed by atoms with E-state index in [1.165, 1.54) is 16.0 Å². The van der Waals surface area contributed by atoms with Crippen molar-refractivity contribution in [1.82, 2.24) is 10.2 Å². The van der Waals surface area contributed by atoms with E-state index in [-0.39, 0.29) is 5.91 Å². The second-order valence-corrected chi connectivity index (χ2v) is 6.60. The van der Waals surface area contributed by atoms with Gasteiger partial charge in [0.1, 0.15) is 0 Å². The topological polar surface area (TPSA) is 32.3 Å². The van der Waals surface area contributed by atoms with Crippen LogP contribution in [0.4, 0.5) is 0 Å². The molecule has 0 heterocycles. The summed E-state index contributed by atoms with van der Waals surface area (Å²) in [6.07, 6.45) is 2.07. The van der Waals surface area contributed by atoms with E-state index in [4.69, 9.17) is 0 Å². The van der Waals surface area contributed by atoms with Gasteiger partial charge in [0.25, 0.3) is 0 Å². The van der Waals surface area contributed by atoms with E-state index in [1.807, 2.05) is 30.1 Å². The number of aryl methyl sites for hydroxylation is 1. The van der Waals surface area contributed by atoms with Crippen LogP contribution < -0.4 is 5.32 Å². The highest BCUT2D eigenvalue weighted by Crippen LogP contribution is 2.15. The number of likely N-dealkylation sites (N-methyl/N-ethyl adjacent to an activating group) is 1. The Labute approximate surface area is 143 Å². The minimum Gasteiger partial charge on any atom is -0.351 e. The molecule has 0 bridgehead atoms. The van der Waals surface area contributed by atoms with E-state index >= 15 is 0 Å². The summed E-state index contributed by atoms with van der Waals surface area (Å²) >= 11 is 1.73. The number of nitrogens with zero attached hydrogens (tertiary/aromatic N) is 1. The van der Waals surface area contributed by atoms with Crippen LogP contribution in [0.25, 0.3) is 0 Å². The van der Waals surface area contributed by atoms with Gasteiger partial charge in [0.05, 0.1) is 6.54 Å². The molecule has 0 unspecified atom stereocenters. The van der Waals surface area contributed by atoms with Gasteiger partial charge in [-0.15, -0.1) is 11.8 Å². The van der Waals surface area contributed by atoms with E-state index in [0.29, 0.717) is 13.1 Å². The Bertz CT molecular complexity index is 640. The van der Waals surface area contributed by atoms with Gasteiger partial charge in [0.2, 0.25) is 5.91 Å². The van der Waals surface area contributed by atoms with Gasteiger partial charge in [-0.05, 0) is 49.1 Å². The highest BCUT2D eigenvalue weighted by Gasteiger charge is 2.07. The lowest BCUT2D eigenvalue weighted by Crippen LogP contribution is -2.34. The number of carbonyl (C=O) groups is 1. The lowest BCUT2D eigenvalue weighted by Gasteiger charge is -2.17. The first-order chi connectivity index (χ1) is 11.1. The summed E-state index contributed by atoms with van der Waals surface area (Å²) in [4.78, 5) is 15.4. The van der Waals surface area contributed by atoms with Gasteiger partial charge in [-0.25, -0.2) is 0 Å². The second kappa shape index (κ2) is 8.75. The third-order valence-electron chi connectivity index (χ3n) is 3.76. The standard InChI is InChI=1S/C19H24N2OS/c1-15-6-4-5-7-17(15)12-20-19(22)14-21(2)13-16-8-10-18(23-3)11-9-16/h4-11H,12-14H2,1-3H3,(H,20,22). The molecule has 0 fully saturated rings. The van der Waals surface area contributed by atoms with Crippen molar-refractivity contribution in [1.29, 1.82) is 0 Å². The van der Waals surface area contributed by atoms with Crippen molar-refractivity contribution in [2.45, 2.75) is 24.9 Å². The number of nitrogens with one attached hydrogen (secondary N) is 1. The molecule has 23 heavy (non-hydrogen) atoms. The predicted molar refractivity (Wildman–Crippen MR) is 97.6 cm³/mol. The Morgan fingerprint density at radius 3 is 2.48 bits per heavy atom. The normalized spacial score (nSPS) is 10.8. The maximum Gasteiger partial charge on any atom is 0.234 e. The van der Waals surface area contributed by atoms with Crippen LogP contribution >= 0.6 is 11.8 Å². The van der Waals surface area contributed by atoms with Gasteiger partial charge in [0, 0.05) is 18.0 Å². The summed E-state index contributed by atoms with van der Waals surface area (Å²) in [5.74, 6) is 0.0523. The van der Waals surface area contributed by atoms with Crippen LogP contribution in [0.2, 0.25) is 0 Å². The van der Waals surface area contributed by atoms with Crippen LogP contribution in [0, 0.1) is 6.92 Å². The largest absolute Gasteiger partial charge is 0.351 e. The smallest absolute Gasteiger partial charge is 0.234 e. The third kappa shape index (κ3) is 5.73. The minimum absolute atomic E-state index is 0.0523. The zero-order valence-electron chi connectivity index (χ0n) is 14.0. The van der Waals surface area contributed by atoms with Crippen LogP contribution in [-0.4, -0.2) is 30.7 Å². The molecule has 0 aliphatic rings. The lowest BCUT2D eigenvalue weighted by molar-refractivity contribution is -0.122. The summed E-state index contributed by atoms with van der Waals surface area (Å²) in [5, 5.41) is 2.99. The number of amides is 1. The predicted octanol–water partition coefficient (Wildman–Crippen LogP) is 3.47. The summed E-state index contributed by atoms with van der Waals surface area (Å²) in [6.45, 7) is 3.82. The van der Waals surface area contributed by atoms with Crippen LogP contribution in [0.5, 0.6) is 0 Å². The molecule has 2 rings (SSSR count). The molecule has 1 amide bonds. The van der Waals surface area contributed by atoms with Gasteiger partial charge in [-0.2, -0.15) is 0 Å². The molecular formula is C19H24N2OS. The van der Waals surface area contributed by atoms with Gasteiger partial charge in [-0.3, -0.25) is 9.69 Å². The number of benzene rings is 2. The van der Waals surface area contributed by atoms with Crippen molar-refractivity contribution in [2.75, 3.05) is 19.8 Å². The average molecular weight is 328 g/mol. The Hall–Kier alpha value is -1.78.